The average molecular weight is 239 g/mol. The van der Waals surface area contributed by atoms with Crippen molar-refractivity contribution in [1.82, 2.24) is 15.5 Å². The lowest BCUT2D eigenvalue weighted by molar-refractivity contribution is 0.386. The quantitative estimate of drug-likeness (QED) is 0.852. The normalized spacial score (nSPS) is 27.4. The summed E-state index contributed by atoms with van der Waals surface area (Å²) in [5.41, 5.74) is 0. The summed E-state index contributed by atoms with van der Waals surface area (Å²) < 4.78 is 5.84. The highest BCUT2D eigenvalue weighted by molar-refractivity contribution is 7.99. The first-order chi connectivity index (χ1) is 7.93. The van der Waals surface area contributed by atoms with Crippen molar-refractivity contribution in [2.45, 2.75) is 31.1 Å². The molecule has 0 aromatic carbocycles. The maximum absolute atomic E-state index is 5.84. The molecule has 4 nitrogen and oxygen atoms in total. The Morgan fingerprint density at radius 3 is 2.50 bits per heavy atom. The van der Waals surface area contributed by atoms with Gasteiger partial charge >= 0.3 is 0 Å². The van der Waals surface area contributed by atoms with Crippen LogP contribution in [0.15, 0.2) is 4.42 Å². The van der Waals surface area contributed by atoms with Crippen molar-refractivity contribution in [2.75, 3.05) is 24.6 Å². The molecule has 1 unspecified atom stereocenters. The lowest BCUT2D eigenvalue weighted by atomic mass is 10.0. The fourth-order valence-corrected chi connectivity index (χ4v) is 3.49. The fraction of sp³-hybridized carbons (Fsp3) is 0.818. The number of hydrogen-bond acceptors (Lipinski definition) is 5. The molecule has 3 heterocycles. The fourth-order valence-electron chi connectivity index (χ4n) is 2.39. The molecule has 3 rings (SSSR count). The van der Waals surface area contributed by atoms with Crippen LogP contribution in [-0.4, -0.2) is 34.8 Å². The molecule has 0 bridgehead atoms. The van der Waals surface area contributed by atoms with Crippen LogP contribution in [0.3, 0.4) is 0 Å². The second-order valence-electron chi connectivity index (χ2n) is 4.55. The predicted molar refractivity (Wildman–Crippen MR) is 63.8 cm³/mol. The van der Waals surface area contributed by atoms with Gasteiger partial charge in [-0.15, -0.1) is 10.2 Å². The highest BCUT2D eigenvalue weighted by Gasteiger charge is 2.26. The molecule has 1 aromatic rings. The van der Waals surface area contributed by atoms with Crippen molar-refractivity contribution in [3.05, 3.63) is 11.8 Å². The van der Waals surface area contributed by atoms with E-state index in [1.807, 2.05) is 11.8 Å². The molecule has 1 N–H and O–H groups in total. The first-order valence-electron chi connectivity index (χ1n) is 6.05. The number of hydrogen-bond donors (Lipinski definition) is 1. The van der Waals surface area contributed by atoms with E-state index in [-0.39, 0.29) is 0 Å². The Morgan fingerprint density at radius 1 is 1.06 bits per heavy atom. The van der Waals surface area contributed by atoms with Crippen LogP contribution < -0.4 is 5.32 Å². The standard InChI is InChI=1S/C11H17N3OS/c1-4-12-7-9(1)11-14-13-10(15-11)8-2-5-16-6-3-8/h8-9,12H,1-7H2. The van der Waals surface area contributed by atoms with E-state index in [4.69, 9.17) is 4.42 Å². The van der Waals surface area contributed by atoms with Crippen molar-refractivity contribution in [3.8, 4) is 0 Å². The Balaban J connectivity index is 1.71. The van der Waals surface area contributed by atoms with Crippen LogP contribution in [-0.2, 0) is 0 Å². The van der Waals surface area contributed by atoms with Gasteiger partial charge in [0.2, 0.25) is 11.8 Å². The molecule has 2 fully saturated rings. The summed E-state index contributed by atoms with van der Waals surface area (Å²) in [6.45, 7) is 2.06. The summed E-state index contributed by atoms with van der Waals surface area (Å²) in [5, 5.41) is 11.8. The van der Waals surface area contributed by atoms with Gasteiger partial charge in [-0.05, 0) is 37.3 Å². The number of rotatable bonds is 2. The van der Waals surface area contributed by atoms with Crippen molar-refractivity contribution >= 4 is 11.8 Å². The van der Waals surface area contributed by atoms with Gasteiger partial charge in [0, 0.05) is 12.5 Å². The zero-order valence-corrected chi connectivity index (χ0v) is 10.1. The molecule has 2 saturated heterocycles. The molecule has 2 aliphatic heterocycles. The van der Waals surface area contributed by atoms with E-state index >= 15 is 0 Å². The van der Waals surface area contributed by atoms with Crippen molar-refractivity contribution in [1.29, 1.82) is 0 Å². The first kappa shape index (κ1) is 10.6. The van der Waals surface area contributed by atoms with Crippen LogP contribution in [0.5, 0.6) is 0 Å². The van der Waals surface area contributed by atoms with E-state index in [0.717, 1.165) is 31.3 Å². The van der Waals surface area contributed by atoms with Crippen LogP contribution in [0, 0.1) is 0 Å². The van der Waals surface area contributed by atoms with Crippen LogP contribution in [0.4, 0.5) is 0 Å². The van der Waals surface area contributed by atoms with Gasteiger partial charge < -0.3 is 9.73 Å². The lowest BCUT2D eigenvalue weighted by Gasteiger charge is -2.17. The monoisotopic (exact) mass is 239 g/mol. The first-order valence-corrected chi connectivity index (χ1v) is 7.20. The molecule has 88 valence electrons. The van der Waals surface area contributed by atoms with E-state index in [9.17, 15) is 0 Å². The minimum absolute atomic E-state index is 0.444. The zero-order valence-electron chi connectivity index (χ0n) is 9.32. The minimum atomic E-state index is 0.444. The molecule has 0 saturated carbocycles. The molecular formula is C11H17N3OS. The van der Waals surface area contributed by atoms with Gasteiger partial charge in [0.15, 0.2) is 0 Å². The highest BCUT2D eigenvalue weighted by Crippen LogP contribution is 2.32. The minimum Gasteiger partial charge on any atom is -0.425 e. The maximum atomic E-state index is 5.84. The molecule has 2 aliphatic rings. The van der Waals surface area contributed by atoms with E-state index < -0.39 is 0 Å². The number of thioether (sulfide) groups is 1. The number of aromatic nitrogens is 2. The summed E-state index contributed by atoms with van der Waals surface area (Å²) in [4.78, 5) is 0. The molecule has 0 aliphatic carbocycles. The second kappa shape index (κ2) is 4.75. The van der Waals surface area contributed by atoms with E-state index in [1.54, 1.807) is 0 Å². The van der Waals surface area contributed by atoms with Crippen LogP contribution in [0.2, 0.25) is 0 Å². The second-order valence-corrected chi connectivity index (χ2v) is 5.78. The summed E-state index contributed by atoms with van der Waals surface area (Å²) in [6, 6.07) is 0. The van der Waals surface area contributed by atoms with E-state index in [0.29, 0.717) is 11.8 Å². The number of nitrogens with zero attached hydrogens (tertiary/aromatic N) is 2. The summed E-state index contributed by atoms with van der Waals surface area (Å²) >= 11 is 2.03. The summed E-state index contributed by atoms with van der Waals surface area (Å²) in [6.07, 6.45) is 3.51. The lowest BCUT2D eigenvalue weighted by Crippen LogP contribution is -2.08. The predicted octanol–water partition coefficient (Wildman–Crippen LogP) is 1.76. The SMILES string of the molecule is C1CC(c2nnc(C3CCSCC3)o2)CN1. The van der Waals surface area contributed by atoms with Gasteiger partial charge in [0.05, 0.1) is 5.92 Å². The Bertz CT molecular complexity index is 343. The number of nitrogens with one attached hydrogen (secondary N) is 1. The third-order valence-electron chi connectivity index (χ3n) is 3.44. The van der Waals surface area contributed by atoms with Gasteiger partial charge in [-0.1, -0.05) is 0 Å². The molecule has 0 radical (unpaired) electrons. The van der Waals surface area contributed by atoms with Crippen LogP contribution in [0.25, 0.3) is 0 Å². The van der Waals surface area contributed by atoms with Gasteiger partial charge in [-0.2, -0.15) is 11.8 Å². The third kappa shape index (κ3) is 2.11. The molecular weight excluding hydrogens is 222 g/mol. The highest BCUT2D eigenvalue weighted by atomic mass is 32.2. The van der Waals surface area contributed by atoms with Crippen molar-refractivity contribution in [3.63, 3.8) is 0 Å². The Morgan fingerprint density at radius 2 is 1.81 bits per heavy atom. The molecule has 0 amide bonds. The summed E-state index contributed by atoms with van der Waals surface area (Å²) in [5.74, 6) is 5.14. The molecule has 1 atom stereocenters. The van der Waals surface area contributed by atoms with E-state index in [1.165, 1.54) is 24.3 Å². The third-order valence-corrected chi connectivity index (χ3v) is 4.49. The summed E-state index contributed by atoms with van der Waals surface area (Å²) in [7, 11) is 0. The van der Waals surface area contributed by atoms with Gasteiger partial charge in [0.25, 0.3) is 0 Å². The zero-order chi connectivity index (χ0) is 10.8. The maximum Gasteiger partial charge on any atom is 0.220 e. The van der Waals surface area contributed by atoms with Gasteiger partial charge in [-0.25, -0.2) is 0 Å². The van der Waals surface area contributed by atoms with Crippen LogP contribution in [0.1, 0.15) is 42.9 Å². The van der Waals surface area contributed by atoms with E-state index in [2.05, 4.69) is 15.5 Å². The Hall–Kier alpha value is -0.550. The topological polar surface area (TPSA) is 51.0 Å². The molecule has 5 heteroatoms. The largest absolute Gasteiger partial charge is 0.425 e. The molecule has 0 spiro atoms. The molecule has 16 heavy (non-hydrogen) atoms. The van der Waals surface area contributed by atoms with Gasteiger partial charge in [0.1, 0.15) is 0 Å². The smallest absolute Gasteiger partial charge is 0.220 e. The van der Waals surface area contributed by atoms with Crippen molar-refractivity contribution in [2.24, 2.45) is 0 Å². The average Bonchev–Trinajstić information content (AvgIpc) is 3.01. The molecule has 1 aromatic heterocycles. The van der Waals surface area contributed by atoms with Crippen LogP contribution >= 0.6 is 11.8 Å². The van der Waals surface area contributed by atoms with Gasteiger partial charge in [-0.3, -0.25) is 0 Å². The Labute approximate surface area is 99.6 Å². The Kier molecular flexibility index (Phi) is 3.15. The van der Waals surface area contributed by atoms with Crippen molar-refractivity contribution < 1.29 is 4.42 Å².